The first-order chi connectivity index (χ1) is 13.4. The maximum atomic E-state index is 12.6. The Kier molecular flexibility index (Phi) is 6.73. The second-order valence-corrected chi connectivity index (χ2v) is 8.42. The lowest BCUT2D eigenvalue weighted by atomic mass is 9.85. The lowest BCUT2D eigenvalue weighted by molar-refractivity contribution is 0.0171. The molecule has 2 heterocycles. The maximum absolute atomic E-state index is 12.6. The van der Waals surface area contributed by atoms with Gasteiger partial charge in [0.15, 0.2) is 0 Å². The van der Waals surface area contributed by atoms with Gasteiger partial charge in [0.25, 0.3) is 0 Å². The smallest absolute Gasteiger partial charge is 0.410 e. The van der Waals surface area contributed by atoms with E-state index >= 15 is 0 Å². The van der Waals surface area contributed by atoms with Gasteiger partial charge in [-0.25, -0.2) is 4.79 Å². The maximum Gasteiger partial charge on any atom is 0.410 e. The number of amides is 1. The Morgan fingerprint density at radius 1 is 1.25 bits per heavy atom. The van der Waals surface area contributed by atoms with E-state index in [9.17, 15) is 4.79 Å². The normalized spacial score (nSPS) is 20.2. The third-order valence-corrected chi connectivity index (χ3v) is 5.02. The first kappa shape index (κ1) is 20.4. The lowest BCUT2D eigenvalue weighted by Crippen LogP contribution is -2.52. The third kappa shape index (κ3) is 5.83. The molecule has 1 amide bonds. The fourth-order valence-electron chi connectivity index (χ4n) is 3.71. The molecule has 1 saturated heterocycles. The molecule has 2 aromatic rings. The standard InChI is InChI=1S/C22H32N4O2/c1-22(2,3)28-21(27)25-16-11-19(18-9-5-4-6-10-18)20(17-25)23-12-7-14-26-15-8-13-24-26/h4-6,8-10,13,15,19-20,23H,7,11-12,14,16-17H2,1-3H3/t19-,20+/m1/s1. The quantitative estimate of drug-likeness (QED) is 0.772. The summed E-state index contributed by atoms with van der Waals surface area (Å²) in [5, 5.41) is 7.94. The fourth-order valence-corrected chi connectivity index (χ4v) is 3.71. The Balaban J connectivity index is 1.61. The van der Waals surface area contributed by atoms with Gasteiger partial charge in [-0.05, 0) is 51.8 Å². The van der Waals surface area contributed by atoms with E-state index in [0.29, 0.717) is 12.5 Å². The number of ether oxygens (including phenoxy) is 1. The number of nitrogens with one attached hydrogen (secondary N) is 1. The van der Waals surface area contributed by atoms with Crippen LogP contribution >= 0.6 is 0 Å². The van der Waals surface area contributed by atoms with Crippen molar-refractivity contribution in [1.29, 1.82) is 0 Å². The number of aromatic nitrogens is 2. The van der Waals surface area contributed by atoms with Crippen LogP contribution in [0, 0.1) is 0 Å². The van der Waals surface area contributed by atoms with E-state index in [1.54, 1.807) is 6.20 Å². The molecule has 1 aliphatic rings. The Bertz CT molecular complexity index is 725. The molecule has 2 atom stereocenters. The molecule has 152 valence electrons. The van der Waals surface area contributed by atoms with E-state index in [0.717, 1.165) is 32.5 Å². The van der Waals surface area contributed by atoms with Gasteiger partial charge in [0.1, 0.15) is 5.60 Å². The third-order valence-electron chi connectivity index (χ3n) is 5.02. The van der Waals surface area contributed by atoms with Gasteiger partial charge < -0.3 is 15.0 Å². The molecular weight excluding hydrogens is 352 g/mol. The minimum Gasteiger partial charge on any atom is -0.444 e. The van der Waals surface area contributed by atoms with Crippen LogP contribution in [-0.4, -0.2) is 52.1 Å². The molecule has 6 nitrogen and oxygen atoms in total. The molecule has 0 unspecified atom stereocenters. The van der Waals surface area contributed by atoms with Gasteiger partial charge in [-0.15, -0.1) is 0 Å². The van der Waals surface area contributed by atoms with Gasteiger partial charge in [0.05, 0.1) is 0 Å². The summed E-state index contributed by atoms with van der Waals surface area (Å²) in [6.45, 7) is 8.89. The number of hydrogen-bond donors (Lipinski definition) is 1. The summed E-state index contributed by atoms with van der Waals surface area (Å²) in [7, 11) is 0. The molecule has 0 radical (unpaired) electrons. The number of carbonyl (C=O) groups excluding carboxylic acids is 1. The molecule has 3 rings (SSSR count). The van der Waals surface area contributed by atoms with E-state index in [-0.39, 0.29) is 12.1 Å². The average Bonchev–Trinajstić information content (AvgIpc) is 3.18. The Labute approximate surface area is 167 Å². The monoisotopic (exact) mass is 384 g/mol. The van der Waals surface area contributed by atoms with Crippen LogP contribution in [0.5, 0.6) is 0 Å². The van der Waals surface area contributed by atoms with Crippen LogP contribution in [0.15, 0.2) is 48.8 Å². The molecular formula is C22H32N4O2. The molecule has 1 fully saturated rings. The summed E-state index contributed by atoms with van der Waals surface area (Å²) < 4.78 is 7.54. The zero-order valence-electron chi connectivity index (χ0n) is 17.2. The number of nitrogens with zero attached hydrogens (tertiary/aromatic N) is 3. The molecule has 0 aliphatic carbocycles. The highest BCUT2D eigenvalue weighted by Gasteiger charge is 2.33. The van der Waals surface area contributed by atoms with Crippen LogP contribution < -0.4 is 5.32 Å². The van der Waals surface area contributed by atoms with Crippen molar-refractivity contribution in [1.82, 2.24) is 20.0 Å². The fraction of sp³-hybridized carbons (Fsp3) is 0.545. The van der Waals surface area contributed by atoms with Gasteiger partial charge >= 0.3 is 6.09 Å². The Hall–Kier alpha value is -2.34. The topological polar surface area (TPSA) is 59.4 Å². The van der Waals surface area contributed by atoms with Crippen LogP contribution in [-0.2, 0) is 11.3 Å². The van der Waals surface area contributed by atoms with Crippen molar-refractivity contribution in [2.45, 2.75) is 57.7 Å². The number of benzene rings is 1. The number of hydrogen-bond acceptors (Lipinski definition) is 4. The van der Waals surface area contributed by atoms with Gasteiger partial charge in [0, 0.05) is 44.0 Å². The number of likely N-dealkylation sites (tertiary alicyclic amines) is 1. The Morgan fingerprint density at radius 2 is 2.04 bits per heavy atom. The summed E-state index contributed by atoms with van der Waals surface area (Å²) >= 11 is 0. The van der Waals surface area contributed by atoms with Crippen LogP contribution in [0.25, 0.3) is 0 Å². The number of rotatable bonds is 6. The number of carbonyl (C=O) groups is 1. The van der Waals surface area contributed by atoms with Gasteiger partial charge in [-0.2, -0.15) is 5.10 Å². The summed E-state index contributed by atoms with van der Waals surface area (Å²) in [5.74, 6) is 0.393. The highest BCUT2D eigenvalue weighted by Crippen LogP contribution is 2.29. The zero-order chi connectivity index (χ0) is 20.0. The van der Waals surface area contributed by atoms with Crippen molar-refractivity contribution in [3.8, 4) is 0 Å². The molecule has 1 aromatic carbocycles. The van der Waals surface area contributed by atoms with E-state index in [1.165, 1.54) is 5.56 Å². The van der Waals surface area contributed by atoms with Crippen molar-refractivity contribution >= 4 is 6.09 Å². The molecule has 28 heavy (non-hydrogen) atoms. The molecule has 0 saturated carbocycles. The molecule has 1 aliphatic heterocycles. The summed E-state index contributed by atoms with van der Waals surface area (Å²) in [6, 6.07) is 12.7. The minimum atomic E-state index is -0.472. The van der Waals surface area contributed by atoms with Crippen LogP contribution in [0.1, 0.15) is 45.1 Å². The number of aryl methyl sites for hydroxylation is 1. The molecule has 1 aromatic heterocycles. The molecule has 6 heteroatoms. The summed E-state index contributed by atoms with van der Waals surface area (Å²) in [5.41, 5.74) is 0.857. The largest absolute Gasteiger partial charge is 0.444 e. The van der Waals surface area contributed by atoms with Crippen molar-refractivity contribution in [2.24, 2.45) is 0 Å². The lowest BCUT2D eigenvalue weighted by Gasteiger charge is -2.39. The van der Waals surface area contributed by atoms with E-state index < -0.39 is 5.60 Å². The van der Waals surface area contributed by atoms with Crippen LogP contribution in [0.3, 0.4) is 0 Å². The predicted octanol–water partition coefficient (Wildman–Crippen LogP) is 3.66. The van der Waals surface area contributed by atoms with Gasteiger partial charge in [-0.1, -0.05) is 30.3 Å². The van der Waals surface area contributed by atoms with E-state index in [1.807, 2.05) is 48.7 Å². The van der Waals surface area contributed by atoms with E-state index in [4.69, 9.17) is 4.74 Å². The van der Waals surface area contributed by atoms with Crippen molar-refractivity contribution in [3.63, 3.8) is 0 Å². The van der Waals surface area contributed by atoms with Crippen LogP contribution in [0.2, 0.25) is 0 Å². The van der Waals surface area contributed by atoms with Gasteiger partial charge in [-0.3, -0.25) is 4.68 Å². The second kappa shape index (κ2) is 9.24. The highest BCUT2D eigenvalue weighted by molar-refractivity contribution is 5.68. The predicted molar refractivity (Wildman–Crippen MR) is 110 cm³/mol. The summed E-state index contributed by atoms with van der Waals surface area (Å²) in [4.78, 5) is 14.4. The van der Waals surface area contributed by atoms with Gasteiger partial charge in [0.2, 0.25) is 0 Å². The van der Waals surface area contributed by atoms with Crippen molar-refractivity contribution in [2.75, 3.05) is 19.6 Å². The first-order valence-electron chi connectivity index (χ1n) is 10.2. The molecule has 0 spiro atoms. The first-order valence-corrected chi connectivity index (χ1v) is 10.2. The minimum absolute atomic E-state index is 0.210. The van der Waals surface area contributed by atoms with Crippen molar-refractivity contribution in [3.05, 3.63) is 54.4 Å². The van der Waals surface area contributed by atoms with Crippen molar-refractivity contribution < 1.29 is 9.53 Å². The highest BCUT2D eigenvalue weighted by atomic mass is 16.6. The van der Waals surface area contributed by atoms with E-state index in [2.05, 4.69) is 34.7 Å². The number of piperidine rings is 1. The average molecular weight is 385 g/mol. The summed E-state index contributed by atoms with van der Waals surface area (Å²) in [6.07, 6.45) is 5.49. The zero-order valence-corrected chi connectivity index (χ0v) is 17.2. The molecule has 0 bridgehead atoms. The molecule has 1 N–H and O–H groups in total. The SMILES string of the molecule is CC(C)(C)OC(=O)N1CC[C@H](c2ccccc2)[C@@H](NCCCn2cccn2)C1. The van der Waals surface area contributed by atoms with Crippen LogP contribution in [0.4, 0.5) is 4.79 Å². The Morgan fingerprint density at radius 3 is 2.71 bits per heavy atom. The second-order valence-electron chi connectivity index (χ2n) is 8.42.